The van der Waals surface area contributed by atoms with Crippen molar-refractivity contribution in [1.29, 1.82) is 0 Å². The number of halogens is 1. The minimum absolute atomic E-state index is 0.0256. The molecule has 0 heterocycles. The third-order valence-corrected chi connectivity index (χ3v) is 3.59. The van der Waals surface area contributed by atoms with Crippen LogP contribution in [0.3, 0.4) is 0 Å². The molecule has 2 aromatic carbocycles. The molecule has 0 saturated carbocycles. The summed E-state index contributed by atoms with van der Waals surface area (Å²) >= 11 is 3.38. The summed E-state index contributed by atoms with van der Waals surface area (Å²) in [5.41, 5.74) is 2.29. The lowest BCUT2D eigenvalue weighted by Crippen LogP contribution is -2.26. The Kier molecular flexibility index (Phi) is 4.45. The fraction of sp³-hybridized carbons (Fsp3) is 0.188. The Bertz CT molecular complexity index is 623. The lowest BCUT2D eigenvalue weighted by molar-refractivity contribution is 0.0782. The summed E-state index contributed by atoms with van der Waals surface area (Å²) in [6.45, 7) is 2.37. The summed E-state index contributed by atoms with van der Waals surface area (Å²) in [6.07, 6.45) is 0. The maximum absolute atomic E-state index is 12.3. The first-order valence-electron chi connectivity index (χ1n) is 6.27. The number of rotatable bonds is 3. The Morgan fingerprint density at radius 2 is 1.85 bits per heavy atom. The quantitative estimate of drug-likeness (QED) is 0.929. The second-order valence-corrected chi connectivity index (χ2v) is 5.72. The molecule has 0 aromatic heterocycles. The third-order valence-electron chi connectivity index (χ3n) is 3.06. The second-order valence-electron chi connectivity index (χ2n) is 4.81. The van der Waals surface area contributed by atoms with E-state index in [1.54, 1.807) is 24.1 Å². The minimum Gasteiger partial charge on any atom is -0.507 e. The zero-order chi connectivity index (χ0) is 14.7. The molecule has 0 saturated heterocycles. The Balaban J connectivity index is 2.14. The van der Waals surface area contributed by atoms with Gasteiger partial charge < -0.3 is 10.0 Å². The third kappa shape index (κ3) is 3.39. The fourth-order valence-corrected chi connectivity index (χ4v) is 2.23. The van der Waals surface area contributed by atoms with Gasteiger partial charge in [-0.3, -0.25) is 4.79 Å². The van der Waals surface area contributed by atoms with Crippen LogP contribution in [0.15, 0.2) is 46.9 Å². The largest absolute Gasteiger partial charge is 0.507 e. The maximum Gasteiger partial charge on any atom is 0.257 e. The predicted octanol–water partition coefficient (Wildman–Crippen LogP) is 3.74. The molecule has 1 N–H and O–H groups in total. The highest BCUT2D eigenvalue weighted by molar-refractivity contribution is 9.10. The van der Waals surface area contributed by atoms with E-state index in [1.165, 1.54) is 0 Å². The van der Waals surface area contributed by atoms with E-state index in [2.05, 4.69) is 15.9 Å². The molecule has 0 unspecified atom stereocenters. The van der Waals surface area contributed by atoms with Gasteiger partial charge in [0.2, 0.25) is 0 Å². The van der Waals surface area contributed by atoms with E-state index in [0.717, 1.165) is 15.6 Å². The molecule has 3 nitrogen and oxygen atoms in total. The molecule has 0 spiro atoms. The van der Waals surface area contributed by atoms with Crippen LogP contribution in [0.5, 0.6) is 5.75 Å². The molecule has 20 heavy (non-hydrogen) atoms. The fourth-order valence-electron chi connectivity index (χ4n) is 1.96. The molecule has 0 fully saturated rings. The maximum atomic E-state index is 12.3. The van der Waals surface area contributed by atoms with Crippen LogP contribution in [0.2, 0.25) is 0 Å². The topological polar surface area (TPSA) is 40.5 Å². The molecule has 2 rings (SSSR count). The monoisotopic (exact) mass is 333 g/mol. The molecule has 104 valence electrons. The molecular weight excluding hydrogens is 318 g/mol. The van der Waals surface area contributed by atoms with E-state index in [-0.39, 0.29) is 11.7 Å². The smallest absolute Gasteiger partial charge is 0.257 e. The lowest BCUT2D eigenvalue weighted by atomic mass is 10.1. The molecule has 0 bridgehead atoms. The first-order chi connectivity index (χ1) is 9.47. The Hall–Kier alpha value is -1.81. The number of nitrogens with zero attached hydrogens (tertiary/aromatic N) is 1. The summed E-state index contributed by atoms with van der Waals surface area (Å²) in [5, 5.41) is 9.86. The average Bonchev–Trinajstić information content (AvgIpc) is 2.40. The number of aryl methyl sites for hydroxylation is 1. The molecule has 0 aliphatic rings. The first kappa shape index (κ1) is 14.6. The van der Waals surface area contributed by atoms with Gasteiger partial charge in [0.25, 0.3) is 5.91 Å². The number of benzene rings is 2. The van der Waals surface area contributed by atoms with Gasteiger partial charge in [-0.05, 0) is 42.3 Å². The van der Waals surface area contributed by atoms with Crippen LogP contribution in [0.25, 0.3) is 0 Å². The second kappa shape index (κ2) is 6.09. The van der Waals surface area contributed by atoms with E-state index in [1.807, 2.05) is 37.3 Å². The number of hydrogen-bond donors (Lipinski definition) is 1. The van der Waals surface area contributed by atoms with Crippen LogP contribution < -0.4 is 0 Å². The molecule has 0 aliphatic carbocycles. The van der Waals surface area contributed by atoms with Crippen LogP contribution in [0, 0.1) is 6.92 Å². The van der Waals surface area contributed by atoms with Crippen molar-refractivity contribution in [2.75, 3.05) is 7.05 Å². The number of phenols is 1. The van der Waals surface area contributed by atoms with Crippen LogP contribution >= 0.6 is 15.9 Å². The van der Waals surface area contributed by atoms with Crippen LogP contribution in [-0.2, 0) is 6.54 Å². The number of hydrogen-bond acceptors (Lipinski definition) is 2. The predicted molar refractivity (Wildman–Crippen MR) is 82.8 cm³/mol. The number of amides is 1. The van der Waals surface area contributed by atoms with Crippen LogP contribution in [0.4, 0.5) is 0 Å². The summed E-state index contributed by atoms with van der Waals surface area (Å²) in [4.78, 5) is 13.9. The normalized spacial score (nSPS) is 10.3. The van der Waals surface area contributed by atoms with Gasteiger partial charge in [-0.1, -0.05) is 34.1 Å². The lowest BCUT2D eigenvalue weighted by Gasteiger charge is -2.18. The highest BCUT2D eigenvalue weighted by Crippen LogP contribution is 2.21. The molecular formula is C16H16BrNO2. The Labute approximate surface area is 127 Å². The van der Waals surface area contributed by atoms with Crippen LogP contribution in [0.1, 0.15) is 21.5 Å². The van der Waals surface area contributed by atoms with E-state index in [9.17, 15) is 9.90 Å². The van der Waals surface area contributed by atoms with Crippen molar-refractivity contribution in [3.63, 3.8) is 0 Å². The van der Waals surface area contributed by atoms with Gasteiger partial charge in [0.05, 0.1) is 5.56 Å². The van der Waals surface area contributed by atoms with E-state index in [4.69, 9.17) is 0 Å². The summed E-state index contributed by atoms with van der Waals surface area (Å²) in [7, 11) is 1.73. The van der Waals surface area contributed by atoms with Crippen molar-refractivity contribution in [2.24, 2.45) is 0 Å². The van der Waals surface area contributed by atoms with Gasteiger partial charge in [0.15, 0.2) is 0 Å². The Morgan fingerprint density at radius 3 is 2.45 bits per heavy atom. The summed E-state index contributed by atoms with van der Waals surface area (Å²) in [6, 6.07) is 12.9. The minimum atomic E-state index is -0.189. The molecule has 0 radical (unpaired) electrons. The van der Waals surface area contributed by atoms with Gasteiger partial charge in [-0.25, -0.2) is 0 Å². The van der Waals surface area contributed by atoms with Crippen molar-refractivity contribution in [3.05, 3.63) is 63.6 Å². The van der Waals surface area contributed by atoms with Crippen molar-refractivity contribution >= 4 is 21.8 Å². The molecule has 2 aromatic rings. The van der Waals surface area contributed by atoms with Gasteiger partial charge in [0, 0.05) is 18.1 Å². The molecule has 0 aliphatic heterocycles. The number of aromatic hydroxyl groups is 1. The van der Waals surface area contributed by atoms with Crippen molar-refractivity contribution < 1.29 is 9.90 Å². The number of carbonyl (C=O) groups excluding carboxylic acids is 1. The summed E-state index contributed by atoms with van der Waals surface area (Å²) < 4.78 is 1.01. The highest BCUT2D eigenvalue weighted by atomic mass is 79.9. The van der Waals surface area contributed by atoms with Crippen molar-refractivity contribution in [2.45, 2.75) is 13.5 Å². The summed E-state index contributed by atoms with van der Waals surface area (Å²) in [5.74, 6) is -0.164. The SMILES string of the molecule is Cc1ccc(C(=O)N(C)Cc2ccc(Br)cc2)c(O)c1. The van der Waals surface area contributed by atoms with Gasteiger partial charge in [0.1, 0.15) is 5.75 Å². The number of carbonyl (C=O) groups is 1. The first-order valence-corrected chi connectivity index (χ1v) is 7.06. The zero-order valence-electron chi connectivity index (χ0n) is 11.4. The number of phenolic OH excluding ortho intramolecular Hbond substituents is 1. The average molecular weight is 334 g/mol. The molecule has 1 amide bonds. The van der Waals surface area contributed by atoms with E-state index in [0.29, 0.717) is 12.1 Å². The van der Waals surface area contributed by atoms with Crippen molar-refractivity contribution in [1.82, 2.24) is 4.90 Å². The molecule has 4 heteroatoms. The van der Waals surface area contributed by atoms with Crippen LogP contribution in [-0.4, -0.2) is 23.0 Å². The highest BCUT2D eigenvalue weighted by Gasteiger charge is 2.15. The molecule has 0 atom stereocenters. The zero-order valence-corrected chi connectivity index (χ0v) is 13.0. The van der Waals surface area contributed by atoms with Crippen molar-refractivity contribution in [3.8, 4) is 5.75 Å². The van der Waals surface area contributed by atoms with Gasteiger partial charge in [-0.2, -0.15) is 0 Å². The van der Waals surface area contributed by atoms with E-state index >= 15 is 0 Å². The Morgan fingerprint density at radius 1 is 1.20 bits per heavy atom. The standard InChI is InChI=1S/C16H16BrNO2/c1-11-3-8-14(15(19)9-11)16(20)18(2)10-12-4-6-13(17)7-5-12/h3-9,19H,10H2,1-2H3. The van der Waals surface area contributed by atoms with Gasteiger partial charge in [-0.15, -0.1) is 0 Å². The van der Waals surface area contributed by atoms with E-state index < -0.39 is 0 Å². The van der Waals surface area contributed by atoms with Gasteiger partial charge >= 0.3 is 0 Å².